The predicted molar refractivity (Wildman–Crippen MR) is 63.1 cm³/mol. The van der Waals surface area contributed by atoms with Crippen molar-refractivity contribution in [1.29, 1.82) is 0 Å². The van der Waals surface area contributed by atoms with Crippen LogP contribution >= 0.6 is 0 Å². The van der Waals surface area contributed by atoms with Crippen molar-refractivity contribution in [3.05, 3.63) is 11.3 Å². The molecule has 0 bridgehead atoms. The number of rotatable bonds is 8. The lowest BCUT2D eigenvalue weighted by molar-refractivity contribution is -0.352. The van der Waals surface area contributed by atoms with Crippen molar-refractivity contribution in [3.8, 4) is 0 Å². The molecule has 0 saturated carbocycles. The molecule has 5 nitrogen and oxygen atoms in total. The molecule has 0 aromatic heterocycles. The Morgan fingerprint density at radius 3 is 2.19 bits per heavy atom. The van der Waals surface area contributed by atoms with E-state index in [2.05, 4.69) is 0 Å². The highest BCUT2D eigenvalue weighted by Crippen LogP contribution is 2.19. The molecule has 0 radical (unpaired) electrons. The topological polar surface area (TPSA) is 65.0 Å². The van der Waals surface area contributed by atoms with Gasteiger partial charge in [0.25, 0.3) is 5.97 Å². The number of carbonyl (C=O) groups is 1. The molecule has 0 spiro atoms. The van der Waals surface area contributed by atoms with Crippen LogP contribution in [-0.4, -0.2) is 47.9 Å². The van der Waals surface area contributed by atoms with Gasteiger partial charge in [0.1, 0.15) is 0 Å². The van der Waals surface area contributed by atoms with Crippen LogP contribution in [0, 0.1) is 0 Å². The van der Waals surface area contributed by atoms with Crippen molar-refractivity contribution in [3.63, 3.8) is 0 Å². The number of carboxylic acids is 1. The van der Waals surface area contributed by atoms with Gasteiger partial charge in [-0.05, 0) is 6.92 Å². The van der Waals surface area contributed by atoms with Crippen LogP contribution in [0.3, 0.4) is 0 Å². The second-order valence-electron chi connectivity index (χ2n) is 3.38. The lowest BCUT2D eigenvalue weighted by Crippen LogP contribution is -2.36. The van der Waals surface area contributed by atoms with Gasteiger partial charge in [0.05, 0.1) is 0 Å². The van der Waals surface area contributed by atoms with Crippen molar-refractivity contribution < 1.29 is 24.1 Å². The second-order valence-corrected chi connectivity index (χ2v) is 5.07. The summed E-state index contributed by atoms with van der Waals surface area (Å²) in [6, 6.07) is 0.861. The molecular formula is C10H20O5Si. The molecule has 0 fully saturated rings. The number of hydrogen-bond acceptors (Lipinski definition) is 4. The van der Waals surface area contributed by atoms with Gasteiger partial charge in [-0.15, -0.1) is 0 Å². The van der Waals surface area contributed by atoms with Crippen LogP contribution < -0.4 is 0 Å². The fourth-order valence-electron chi connectivity index (χ4n) is 1.28. The van der Waals surface area contributed by atoms with Gasteiger partial charge < -0.3 is 19.3 Å². The first-order valence-electron chi connectivity index (χ1n) is 5.07. The summed E-state index contributed by atoms with van der Waals surface area (Å²) >= 11 is 0. The minimum absolute atomic E-state index is 0.407. The van der Waals surface area contributed by atoms with E-state index < -0.39 is 21.5 Å². The van der Waals surface area contributed by atoms with Crippen molar-refractivity contribution in [2.75, 3.05) is 21.3 Å². The Kier molecular flexibility index (Phi) is 7.23. The first kappa shape index (κ1) is 15.3. The third-order valence-corrected chi connectivity index (χ3v) is 4.07. The Morgan fingerprint density at radius 1 is 1.31 bits per heavy atom. The number of hydrogen-bond donors (Lipinski definition) is 1. The number of carboxylic acid groups (broad SMARTS) is 1. The molecule has 6 heteroatoms. The van der Waals surface area contributed by atoms with Gasteiger partial charge >= 0.3 is 5.97 Å². The molecule has 0 rings (SSSR count). The maximum absolute atomic E-state index is 10.5. The molecule has 1 N–H and O–H groups in total. The van der Waals surface area contributed by atoms with E-state index in [1.54, 1.807) is 6.92 Å². The fourth-order valence-corrected chi connectivity index (χ4v) is 2.73. The molecule has 0 aliphatic rings. The average molecular weight is 248 g/mol. The highest BCUT2D eigenvalue weighted by molar-refractivity contribution is 6.43. The molecular weight excluding hydrogens is 228 g/mol. The van der Waals surface area contributed by atoms with E-state index in [4.69, 9.17) is 19.3 Å². The number of methoxy groups -OCH3 is 3. The summed E-state index contributed by atoms with van der Waals surface area (Å²) in [4.78, 5) is 10.5. The fraction of sp³-hybridized carbons (Fsp3) is 0.700. The quantitative estimate of drug-likeness (QED) is 0.294. The maximum Gasteiger partial charge on any atom is 0.330 e. The minimum atomic E-state index is -0.988. The lowest BCUT2D eigenvalue weighted by Gasteiger charge is -2.28. The minimum Gasteiger partial charge on any atom is -0.478 e. The van der Waals surface area contributed by atoms with E-state index in [-0.39, 0.29) is 0 Å². The first-order valence-corrected chi connectivity index (χ1v) is 6.88. The van der Waals surface area contributed by atoms with Crippen LogP contribution in [0.5, 0.6) is 0 Å². The molecule has 0 heterocycles. The largest absolute Gasteiger partial charge is 0.478 e. The Bertz CT molecular complexity index is 239. The smallest absolute Gasteiger partial charge is 0.330 e. The standard InChI is InChI=1S/C10H20O5Si/c1-8(9(11)12)7-16-6-5-10(13-2,14-3)15-4/h7H,5-6,16H2,1-4H3,(H,11,12). The number of ether oxygens (including phenoxy) is 3. The van der Waals surface area contributed by atoms with E-state index in [1.807, 2.05) is 5.70 Å². The molecule has 0 atom stereocenters. The second kappa shape index (κ2) is 7.56. The highest BCUT2D eigenvalue weighted by Gasteiger charge is 2.28. The zero-order valence-corrected chi connectivity index (χ0v) is 11.7. The van der Waals surface area contributed by atoms with E-state index in [9.17, 15) is 4.79 Å². The Hall–Kier alpha value is -0.693. The molecule has 16 heavy (non-hydrogen) atoms. The van der Waals surface area contributed by atoms with E-state index in [0.29, 0.717) is 12.0 Å². The van der Waals surface area contributed by atoms with Crippen LogP contribution in [0.4, 0.5) is 0 Å². The summed E-state index contributed by atoms with van der Waals surface area (Å²) in [6.45, 7) is 1.60. The SMILES string of the molecule is COC(CC[SiH2]C=C(C)C(=O)O)(OC)OC. The summed E-state index contributed by atoms with van der Waals surface area (Å²) in [7, 11) is 3.99. The lowest BCUT2D eigenvalue weighted by atomic mass is 10.4. The molecule has 0 aliphatic heterocycles. The van der Waals surface area contributed by atoms with Crippen LogP contribution in [0.15, 0.2) is 11.3 Å². The Morgan fingerprint density at radius 2 is 1.81 bits per heavy atom. The third kappa shape index (κ3) is 4.89. The van der Waals surface area contributed by atoms with Crippen molar-refractivity contribution >= 4 is 15.5 Å². The highest BCUT2D eigenvalue weighted by atomic mass is 28.2. The summed E-state index contributed by atoms with van der Waals surface area (Å²) in [5.74, 6) is -1.85. The summed E-state index contributed by atoms with van der Waals surface area (Å²) in [6.07, 6.45) is 0.603. The summed E-state index contributed by atoms with van der Waals surface area (Å²) in [5.41, 5.74) is 2.22. The van der Waals surface area contributed by atoms with E-state index >= 15 is 0 Å². The molecule has 94 valence electrons. The van der Waals surface area contributed by atoms with Crippen molar-refractivity contribution in [1.82, 2.24) is 0 Å². The maximum atomic E-state index is 10.5. The molecule has 0 aromatic carbocycles. The molecule has 0 saturated heterocycles. The van der Waals surface area contributed by atoms with Gasteiger partial charge in [-0.3, -0.25) is 0 Å². The van der Waals surface area contributed by atoms with Crippen molar-refractivity contribution in [2.24, 2.45) is 0 Å². The van der Waals surface area contributed by atoms with Crippen LogP contribution in [0.2, 0.25) is 6.04 Å². The van der Waals surface area contributed by atoms with Gasteiger partial charge in [0.2, 0.25) is 0 Å². The van der Waals surface area contributed by atoms with Gasteiger partial charge in [-0.25, -0.2) is 4.79 Å². The van der Waals surface area contributed by atoms with Gasteiger partial charge in [0, 0.05) is 42.8 Å². The van der Waals surface area contributed by atoms with Crippen molar-refractivity contribution in [2.45, 2.75) is 25.4 Å². The zero-order chi connectivity index (χ0) is 12.6. The average Bonchev–Trinajstić information content (AvgIpc) is 2.30. The molecule has 0 aromatic rings. The van der Waals surface area contributed by atoms with Crippen LogP contribution in [-0.2, 0) is 19.0 Å². The Balaban J connectivity index is 4.06. The first-order chi connectivity index (χ1) is 7.51. The molecule has 0 unspecified atom stereocenters. The number of aliphatic carboxylic acids is 1. The normalized spacial score (nSPS) is 13.6. The van der Waals surface area contributed by atoms with E-state index in [0.717, 1.165) is 6.04 Å². The zero-order valence-electron chi connectivity index (χ0n) is 10.3. The van der Waals surface area contributed by atoms with Gasteiger partial charge in [-0.1, -0.05) is 11.7 Å². The van der Waals surface area contributed by atoms with Gasteiger partial charge in [-0.2, -0.15) is 0 Å². The van der Waals surface area contributed by atoms with Crippen LogP contribution in [0.1, 0.15) is 13.3 Å². The van der Waals surface area contributed by atoms with Gasteiger partial charge in [0.15, 0.2) is 0 Å². The molecule has 0 amide bonds. The predicted octanol–water partition coefficient (Wildman–Crippen LogP) is 0.545. The van der Waals surface area contributed by atoms with Crippen LogP contribution in [0.25, 0.3) is 0 Å². The third-order valence-electron chi connectivity index (χ3n) is 2.41. The monoisotopic (exact) mass is 248 g/mol. The summed E-state index contributed by atoms with van der Waals surface area (Å²) < 4.78 is 15.4. The summed E-state index contributed by atoms with van der Waals surface area (Å²) in [5, 5.41) is 8.66. The Labute approximate surface area is 98.2 Å². The molecule has 0 aliphatic carbocycles. The van der Waals surface area contributed by atoms with E-state index in [1.165, 1.54) is 21.3 Å².